The van der Waals surface area contributed by atoms with Gasteiger partial charge in [0.1, 0.15) is 12.6 Å². The van der Waals surface area contributed by atoms with E-state index in [-0.39, 0.29) is 12.6 Å². The summed E-state index contributed by atoms with van der Waals surface area (Å²) in [5.41, 5.74) is 6.98. The van der Waals surface area contributed by atoms with Gasteiger partial charge in [0.05, 0.1) is 6.61 Å². The Bertz CT molecular complexity index is 383. The second-order valence-electron chi connectivity index (χ2n) is 4.76. The summed E-state index contributed by atoms with van der Waals surface area (Å²) < 4.78 is 15.3. The molecule has 0 saturated carbocycles. The number of hydrogen-bond acceptors (Lipinski definition) is 5. The smallest absolute Gasteiger partial charge is 0.323 e. The highest BCUT2D eigenvalue weighted by Crippen LogP contribution is 2.04. The molecule has 0 aromatic heterocycles. The maximum absolute atomic E-state index is 11.7. The number of rotatable bonds is 11. The lowest BCUT2D eigenvalue weighted by Gasteiger charge is -2.11. The molecule has 0 amide bonds. The van der Waals surface area contributed by atoms with Crippen LogP contribution in [0.15, 0.2) is 30.3 Å². The van der Waals surface area contributed by atoms with Gasteiger partial charge in [0.15, 0.2) is 0 Å². The van der Waals surface area contributed by atoms with Crippen LogP contribution in [0.25, 0.3) is 0 Å². The Morgan fingerprint density at radius 1 is 1.14 bits per heavy atom. The van der Waals surface area contributed by atoms with Crippen LogP contribution in [0.2, 0.25) is 0 Å². The predicted octanol–water partition coefficient (Wildman–Crippen LogP) is 1.54. The van der Waals surface area contributed by atoms with Gasteiger partial charge in [-0.3, -0.25) is 4.79 Å². The first kappa shape index (κ1) is 17.6. The first-order chi connectivity index (χ1) is 10.2. The van der Waals surface area contributed by atoms with Gasteiger partial charge in [-0.15, -0.1) is 0 Å². The van der Waals surface area contributed by atoms with Crippen LogP contribution in [0.5, 0.6) is 0 Å². The van der Waals surface area contributed by atoms with Gasteiger partial charge in [-0.25, -0.2) is 0 Å². The van der Waals surface area contributed by atoms with Crippen LogP contribution < -0.4 is 5.73 Å². The average Bonchev–Trinajstić information content (AvgIpc) is 2.52. The zero-order valence-electron chi connectivity index (χ0n) is 12.6. The molecule has 1 aromatic rings. The van der Waals surface area contributed by atoms with E-state index in [2.05, 4.69) is 0 Å². The fourth-order valence-corrected chi connectivity index (χ4v) is 1.80. The van der Waals surface area contributed by atoms with Crippen molar-refractivity contribution in [1.82, 2.24) is 0 Å². The fraction of sp³-hybridized carbons (Fsp3) is 0.562. The Kier molecular flexibility index (Phi) is 9.44. The van der Waals surface area contributed by atoms with Crippen molar-refractivity contribution >= 4 is 5.97 Å². The summed E-state index contributed by atoms with van der Waals surface area (Å²) in [6.07, 6.45) is 2.18. The van der Waals surface area contributed by atoms with Crippen molar-refractivity contribution in [2.24, 2.45) is 5.73 Å². The van der Waals surface area contributed by atoms with E-state index in [4.69, 9.17) is 19.9 Å². The molecule has 0 aliphatic carbocycles. The van der Waals surface area contributed by atoms with Crippen LogP contribution in [0.1, 0.15) is 18.4 Å². The Morgan fingerprint density at radius 3 is 2.62 bits per heavy atom. The third-order valence-corrected chi connectivity index (χ3v) is 3.00. The molecule has 0 aliphatic rings. The zero-order valence-corrected chi connectivity index (χ0v) is 12.6. The summed E-state index contributed by atoms with van der Waals surface area (Å²) in [5.74, 6) is -0.369. The van der Waals surface area contributed by atoms with Crippen LogP contribution in [-0.2, 0) is 25.4 Å². The summed E-state index contributed by atoms with van der Waals surface area (Å²) in [6.45, 7) is 1.90. The molecular weight excluding hydrogens is 270 g/mol. The number of ether oxygens (including phenoxy) is 3. The minimum atomic E-state index is -0.585. The van der Waals surface area contributed by atoms with Crippen molar-refractivity contribution in [3.8, 4) is 0 Å². The SMILES string of the molecule is COCCCOCCOC(=O)C(N)CCc1ccccc1. The molecule has 1 atom stereocenters. The van der Waals surface area contributed by atoms with E-state index in [9.17, 15) is 4.79 Å². The lowest BCUT2D eigenvalue weighted by molar-refractivity contribution is -0.146. The van der Waals surface area contributed by atoms with E-state index in [1.165, 1.54) is 5.56 Å². The third kappa shape index (κ3) is 8.45. The first-order valence-electron chi connectivity index (χ1n) is 7.27. The summed E-state index contributed by atoms with van der Waals surface area (Å²) >= 11 is 0. The number of hydrogen-bond donors (Lipinski definition) is 1. The number of methoxy groups -OCH3 is 1. The maximum Gasteiger partial charge on any atom is 0.323 e. The summed E-state index contributed by atoms with van der Waals surface area (Å²) in [7, 11) is 1.65. The number of nitrogens with two attached hydrogens (primary N) is 1. The van der Waals surface area contributed by atoms with Gasteiger partial charge in [0, 0.05) is 20.3 Å². The molecule has 0 bridgehead atoms. The van der Waals surface area contributed by atoms with E-state index >= 15 is 0 Å². The number of carbonyl (C=O) groups excluding carboxylic acids is 1. The topological polar surface area (TPSA) is 70.8 Å². The van der Waals surface area contributed by atoms with Crippen LogP contribution in [0, 0.1) is 0 Å². The molecule has 0 heterocycles. The normalized spacial score (nSPS) is 12.1. The minimum absolute atomic E-state index is 0.241. The molecule has 0 fully saturated rings. The summed E-state index contributed by atoms with van der Waals surface area (Å²) in [4.78, 5) is 11.7. The molecule has 118 valence electrons. The Balaban J connectivity index is 2.06. The monoisotopic (exact) mass is 295 g/mol. The Hall–Kier alpha value is -1.43. The molecule has 1 rings (SSSR count). The lowest BCUT2D eigenvalue weighted by Crippen LogP contribution is -2.33. The number of esters is 1. The van der Waals surface area contributed by atoms with Gasteiger partial charge >= 0.3 is 5.97 Å². The van der Waals surface area contributed by atoms with E-state index in [0.717, 1.165) is 12.8 Å². The second kappa shape index (κ2) is 11.3. The van der Waals surface area contributed by atoms with E-state index in [0.29, 0.717) is 26.2 Å². The van der Waals surface area contributed by atoms with Crippen molar-refractivity contribution in [2.75, 3.05) is 33.5 Å². The molecule has 0 aliphatic heterocycles. The minimum Gasteiger partial charge on any atom is -0.462 e. The number of benzene rings is 1. The number of aryl methyl sites for hydroxylation is 1. The molecule has 1 aromatic carbocycles. The van der Waals surface area contributed by atoms with Gasteiger partial charge in [-0.2, -0.15) is 0 Å². The second-order valence-corrected chi connectivity index (χ2v) is 4.76. The highest BCUT2D eigenvalue weighted by atomic mass is 16.6. The molecule has 2 N–H and O–H groups in total. The van der Waals surface area contributed by atoms with Crippen LogP contribution in [-0.4, -0.2) is 45.5 Å². The molecule has 5 heteroatoms. The first-order valence-corrected chi connectivity index (χ1v) is 7.27. The van der Waals surface area contributed by atoms with Crippen LogP contribution in [0.4, 0.5) is 0 Å². The average molecular weight is 295 g/mol. The summed E-state index contributed by atoms with van der Waals surface area (Å²) in [6, 6.07) is 9.36. The fourth-order valence-electron chi connectivity index (χ4n) is 1.80. The van der Waals surface area contributed by atoms with Crippen LogP contribution >= 0.6 is 0 Å². The van der Waals surface area contributed by atoms with E-state index in [1.54, 1.807) is 7.11 Å². The van der Waals surface area contributed by atoms with Gasteiger partial charge in [0.25, 0.3) is 0 Å². The van der Waals surface area contributed by atoms with Crippen molar-refractivity contribution in [3.63, 3.8) is 0 Å². The van der Waals surface area contributed by atoms with E-state index in [1.807, 2.05) is 30.3 Å². The Morgan fingerprint density at radius 2 is 1.90 bits per heavy atom. The number of carbonyl (C=O) groups is 1. The third-order valence-electron chi connectivity index (χ3n) is 3.00. The van der Waals surface area contributed by atoms with Gasteiger partial charge in [-0.05, 0) is 24.8 Å². The van der Waals surface area contributed by atoms with Gasteiger partial charge in [-0.1, -0.05) is 30.3 Å². The van der Waals surface area contributed by atoms with Crippen molar-refractivity contribution in [3.05, 3.63) is 35.9 Å². The van der Waals surface area contributed by atoms with Crippen LogP contribution in [0.3, 0.4) is 0 Å². The molecule has 0 saturated heterocycles. The van der Waals surface area contributed by atoms with Crippen molar-refractivity contribution in [1.29, 1.82) is 0 Å². The Labute approximate surface area is 126 Å². The quantitative estimate of drug-likeness (QED) is 0.495. The molecular formula is C16H25NO4. The highest BCUT2D eigenvalue weighted by Gasteiger charge is 2.14. The molecule has 0 spiro atoms. The summed E-state index contributed by atoms with van der Waals surface area (Å²) in [5, 5.41) is 0. The maximum atomic E-state index is 11.7. The predicted molar refractivity (Wildman–Crippen MR) is 81.0 cm³/mol. The molecule has 0 radical (unpaired) electrons. The van der Waals surface area contributed by atoms with Gasteiger partial charge < -0.3 is 19.9 Å². The standard InChI is InChI=1S/C16H25NO4/c1-19-10-5-11-20-12-13-21-16(18)15(17)9-8-14-6-3-2-4-7-14/h2-4,6-7,15H,5,8-13,17H2,1H3. The highest BCUT2D eigenvalue weighted by molar-refractivity contribution is 5.75. The molecule has 1 unspecified atom stereocenters. The van der Waals surface area contributed by atoms with Crippen molar-refractivity contribution < 1.29 is 19.0 Å². The molecule has 5 nitrogen and oxygen atoms in total. The zero-order chi connectivity index (χ0) is 15.3. The lowest BCUT2D eigenvalue weighted by atomic mass is 10.1. The van der Waals surface area contributed by atoms with E-state index < -0.39 is 6.04 Å². The van der Waals surface area contributed by atoms with Gasteiger partial charge in [0.2, 0.25) is 0 Å². The largest absolute Gasteiger partial charge is 0.462 e. The van der Waals surface area contributed by atoms with Crippen molar-refractivity contribution in [2.45, 2.75) is 25.3 Å². The molecule has 21 heavy (non-hydrogen) atoms.